The lowest BCUT2D eigenvalue weighted by molar-refractivity contribution is -0.138. The second-order valence-electron chi connectivity index (χ2n) is 2.98. The Morgan fingerprint density at radius 2 is 2.00 bits per heavy atom. The third kappa shape index (κ3) is 6.74. The van der Waals surface area contributed by atoms with Crippen LogP contribution in [0.25, 0.3) is 0 Å². The maximum atomic E-state index is 11.2. The van der Waals surface area contributed by atoms with E-state index in [0.717, 1.165) is 3.58 Å². The molecule has 0 bridgehead atoms. The van der Waals surface area contributed by atoms with Gasteiger partial charge in [0.2, 0.25) is 0 Å². The SMILES string of the molecule is C=C(I)C(C)CC(=O)CCC(=O)O. The van der Waals surface area contributed by atoms with Crippen molar-refractivity contribution in [1.82, 2.24) is 0 Å². The number of carboxylic acid groups (broad SMARTS) is 1. The summed E-state index contributed by atoms with van der Waals surface area (Å²) in [4.78, 5) is 21.3. The molecule has 0 heterocycles. The fourth-order valence-electron chi connectivity index (χ4n) is 0.801. The lowest BCUT2D eigenvalue weighted by Gasteiger charge is -2.07. The zero-order chi connectivity index (χ0) is 10.4. The van der Waals surface area contributed by atoms with E-state index in [2.05, 4.69) is 29.2 Å². The summed E-state index contributed by atoms with van der Waals surface area (Å²) in [6, 6.07) is 0. The number of Topliss-reactive ketones (excluding diaryl/α,β-unsaturated/α-hetero) is 1. The standard InChI is InChI=1S/C9H13IO3/c1-6(7(2)10)5-8(11)3-4-9(12)13/h6H,2-5H2,1H3,(H,12,13). The number of rotatable bonds is 6. The number of carbonyl (C=O) groups is 2. The van der Waals surface area contributed by atoms with Gasteiger partial charge < -0.3 is 5.11 Å². The Morgan fingerprint density at radius 1 is 1.46 bits per heavy atom. The highest BCUT2D eigenvalue weighted by Crippen LogP contribution is 2.19. The predicted octanol–water partition coefficient (Wildman–Crippen LogP) is 2.40. The van der Waals surface area contributed by atoms with Crippen LogP contribution in [0.1, 0.15) is 26.2 Å². The van der Waals surface area contributed by atoms with Crippen molar-refractivity contribution < 1.29 is 14.7 Å². The van der Waals surface area contributed by atoms with Gasteiger partial charge in [0.15, 0.2) is 0 Å². The summed E-state index contributed by atoms with van der Waals surface area (Å²) in [5, 5.41) is 8.33. The predicted molar refractivity (Wildman–Crippen MR) is 58.8 cm³/mol. The second-order valence-corrected chi connectivity index (χ2v) is 4.37. The maximum absolute atomic E-state index is 11.2. The fraction of sp³-hybridized carbons (Fsp3) is 0.556. The molecule has 0 fully saturated rings. The molecular weight excluding hydrogens is 283 g/mol. The molecule has 0 spiro atoms. The normalized spacial score (nSPS) is 12.2. The first-order chi connectivity index (χ1) is 5.93. The maximum Gasteiger partial charge on any atom is 0.303 e. The Balaban J connectivity index is 3.74. The minimum absolute atomic E-state index is 0.00674. The molecule has 0 aromatic rings. The summed E-state index contributed by atoms with van der Waals surface area (Å²) >= 11 is 2.08. The van der Waals surface area contributed by atoms with E-state index in [4.69, 9.17) is 5.11 Å². The van der Waals surface area contributed by atoms with Gasteiger partial charge >= 0.3 is 5.97 Å². The fourth-order valence-corrected chi connectivity index (χ4v) is 1.02. The van der Waals surface area contributed by atoms with Gasteiger partial charge in [-0.2, -0.15) is 0 Å². The van der Waals surface area contributed by atoms with E-state index in [0.29, 0.717) is 6.42 Å². The molecule has 0 radical (unpaired) electrons. The van der Waals surface area contributed by atoms with Crippen LogP contribution in [0.2, 0.25) is 0 Å². The summed E-state index contributed by atoms with van der Waals surface area (Å²) in [6.45, 7) is 5.63. The lowest BCUT2D eigenvalue weighted by atomic mass is 10.0. The Bertz CT molecular complexity index is 223. The van der Waals surface area contributed by atoms with E-state index in [1.165, 1.54) is 0 Å². The van der Waals surface area contributed by atoms with Crippen molar-refractivity contribution in [3.05, 3.63) is 10.2 Å². The third-order valence-electron chi connectivity index (χ3n) is 1.69. The van der Waals surface area contributed by atoms with Crippen molar-refractivity contribution in [2.24, 2.45) is 5.92 Å². The van der Waals surface area contributed by atoms with Gasteiger partial charge in [0.05, 0.1) is 6.42 Å². The topological polar surface area (TPSA) is 54.4 Å². The van der Waals surface area contributed by atoms with Crippen molar-refractivity contribution in [2.75, 3.05) is 0 Å². The van der Waals surface area contributed by atoms with Gasteiger partial charge in [-0.3, -0.25) is 9.59 Å². The summed E-state index contributed by atoms with van der Waals surface area (Å²) in [6.07, 6.45) is 0.456. The number of ketones is 1. The van der Waals surface area contributed by atoms with Crippen LogP contribution in [0.4, 0.5) is 0 Å². The van der Waals surface area contributed by atoms with Gasteiger partial charge in [0, 0.05) is 12.8 Å². The van der Waals surface area contributed by atoms with E-state index in [1.807, 2.05) is 6.92 Å². The van der Waals surface area contributed by atoms with E-state index < -0.39 is 5.97 Å². The first-order valence-corrected chi connectivity index (χ1v) is 5.09. The van der Waals surface area contributed by atoms with Crippen molar-refractivity contribution in [3.8, 4) is 0 Å². The van der Waals surface area contributed by atoms with Gasteiger partial charge in [-0.15, -0.1) is 0 Å². The summed E-state index contributed by atoms with van der Waals surface area (Å²) in [5.41, 5.74) is 0. The summed E-state index contributed by atoms with van der Waals surface area (Å²) in [5.74, 6) is -0.788. The summed E-state index contributed by atoms with van der Waals surface area (Å²) < 4.78 is 0.932. The van der Waals surface area contributed by atoms with Gasteiger partial charge in [-0.05, 0) is 32.1 Å². The van der Waals surface area contributed by atoms with Crippen molar-refractivity contribution >= 4 is 34.3 Å². The number of aliphatic carboxylic acids is 1. The van der Waals surface area contributed by atoms with Crippen LogP contribution in [-0.4, -0.2) is 16.9 Å². The highest BCUT2D eigenvalue weighted by Gasteiger charge is 2.11. The molecule has 74 valence electrons. The van der Waals surface area contributed by atoms with E-state index >= 15 is 0 Å². The Morgan fingerprint density at radius 3 is 2.38 bits per heavy atom. The molecule has 13 heavy (non-hydrogen) atoms. The molecule has 3 nitrogen and oxygen atoms in total. The van der Waals surface area contributed by atoms with Crippen molar-refractivity contribution in [3.63, 3.8) is 0 Å². The van der Waals surface area contributed by atoms with Crippen LogP contribution in [0, 0.1) is 5.92 Å². The average molecular weight is 296 g/mol. The molecule has 4 heteroatoms. The lowest BCUT2D eigenvalue weighted by Crippen LogP contribution is -2.07. The average Bonchev–Trinajstić information content (AvgIpc) is 2.00. The molecule has 0 rings (SSSR count). The highest BCUT2D eigenvalue weighted by atomic mass is 127. The van der Waals surface area contributed by atoms with Gasteiger partial charge in [-0.1, -0.05) is 13.5 Å². The largest absolute Gasteiger partial charge is 0.481 e. The Kier molecular flexibility index (Phi) is 5.94. The molecule has 0 aliphatic heterocycles. The molecule has 0 aromatic carbocycles. The molecule has 1 unspecified atom stereocenters. The van der Waals surface area contributed by atoms with Crippen molar-refractivity contribution in [2.45, 2.75) is 26.2 Å². The van der Waals surface area contributed by atoms with E-state index in [-0.39, 0.29) is 24.5 Å². The first-order valence-electron chi connectivity index (χ1n) is 4.01. The molecular formula is C9H13IO3. The second kappa shape index (κ2) is 6.12. The molecule has 1 N–H and O–H groups in total. The Labute approximate surface area is 91.3 Å². The van der Waals surface area contributed by atoms with Crippen LogP contribution < -0.4 is 0 Å². The monoisotopic (exact) mass is 296 g/mol. The quantitative estimate of drug-likeness (QED) is 0.766. The summed E-state index contributed by atoms with van der Waals surface area (Å²) in [7, 11) is 0. The molecule has 0 amide bonds. The van der Waals surface area contributed by atoms with Crippen LogP contribution in [0.3, 0.4) is 0 Å². The van der Waals surface area contributed by atoms with Crippen LogP contribution >= 0.6 is 22.6 Å². The third-order valence-corrected chi connectivity index (χ3v) is 2.75. The van der Waals surface area contributed by atoms with Gasteiger partial charge in [-0.25, -0.2) is 0 Å². The molecule has 0 aliphatic carbocycles. The molecule has 0 saturated carbocycles. The zero-order valence-corrected chi connectivity index (χ0v) is 9.70. The van der Waals surface area contributed by atoms with Crippen molar-refractivity contribution in [1.29, 1.82) is 0 Å². The molecule has 1 atom stereocenters. The molecule has 0 aromatic heterocycles. The van der Waals surface area contributed by atoms with Crippen LogP contribution in [0.5, 0.6) is 0 Å². The molecule has 0 aliphatic rings. The van der Waals surface area contributed by atoms with E-state index in [9.17, 15) is 9.59 Å². The smallest absolute Gasteiger partial charge is 0.303 e. The number of hydrogen-bond acceptors (Lipinski definition) is 2. The van der Waals surface area contributed by atoms with E-state index in [1.54, 1.807) is 0 Å². The number of carboxylic acids is 1. The zero-order valence-electron chi connectivity index (χ0n) is 7.55. The van der Waals surface area contributed by atoms with Gasteiger partial charge in [0.25, 0.3) is 0 Å². The van der Waals surface area contributed by atoms with Crippen LogP contribution in [-0.2, 0) is 9.59 Å². The first kappa shape index (κ1) is 12.6. The minimum Gasteiger partial charge on any atom is -0.481 e. The number of halogens is 1. The number of allylic oxidation sites excluding steroid dienone is 1. The number of hydrogen-bond donors (Lipinski definition) is 1. The Hall–Kier alpha value is -0.390. The van der Waals surface area contributed by atoms with Gasteiger partial charge in [0.1, 0.15) is 5.78 Å². The van der Waals surface area contributed by atoms with Crippen LogP contribution in [0.15, 0.2) is 10.2 Å². The highest BCUT2D eigenvalue weighted by molar-refractivity contribution is 14.1. The minimum atomic E-state index is -0.922. The number of carbonyl (C=O) groups excluding carboxylic acids is 1. The molecule has 0 saturated heterocycles.